The number of hydrogen-bond donors (Lipinski definition) is 2. The quantitative estimate of drug-likeness (QED) is 0.563. The monoisotopic (exact) mass is 340 g/mol. The maximum absolute atomic E-state index is 12.8. The first kappa shape index (κ1) is 16.4. The fourth-order valence-electron chi connectivity index (χ4n) is 2.25. The number of carbonyl (C=O) groups excluding carboxylic acids is 2. The van der Waals surface area contributed by atoms with Crippen molar-refractivity contribution >= 4 is 22.8 Å². The highest BCUT2D eigenvalue weighted by atomic mass is 19.1. The van der Waals surface area contributed by atoms with Gasteiger partial charge in [-0.05, 0) is 29.8 Å². The number of para-hydroxylation sites is 1. The van der Waals surface area contributed by atoms with Gasteiger partial charge in [0.05, 0.1) is 6.42 Å². The van der Waals surface area contributed by atoms with Crippen LogP contribution in [0.1, 0.15) is 15.9 Å². The largest absolute Gasteiger partial charge is 0.422 e. The predicted octanol–water partition coefficient (Wildman–Crippen LogP) is 1.94. The van der Waals surface area contributed by atoms with Crippen molar-refractivity contribution in [3.8, 4) is 0 Å². The van der Waals surface area contributed by atoms with E-state index in [0.29, 0.717) is 16.5 Å². The molecule has 0 aliphatic rings. The lowest BCUT2D eigenvalue weighted by atomic mass is 10.1. The van der Waals surface area contributed by atoms with Gasteiger partial charge in [0.1, 0.15) is 17.0 Å². The summed E-state index contributed by atoms with van der Waals surface area (Å²) in [6, 6.07) is 13.6. The summed E-state index contributed by atoms with van der Waals surface area (Å²) in [5.74, 6) is -1.70. The van der Waals surface area contributed by atoms with Crippen molar-refractivity contribution in [3.05, 3.63) is 82.0 Å². The molecule has 0 spiro atoms. The summed E-state index contributed by atoms with van der Waals surface area (Å²) in [5.41, 5.74) is 4.29. The number of hydrogen-bond acceptors (Lipinski definition) is 4. The second-order valence-corrected chi connectivity index (χ2v) is 5.29. The third-order valence-electron chi connectivity index (χ3n) is 3.48. The minimum Gasteiger partial charge on any atom is -0.422 e. The van der Waals surface area contributed by atoms with Gasteiger partial charge in [0.15, 0.2) is 0 Å². The highest BCUT2D eigenvalue weighted by molar-refractivity contribution is 5.97. The van der Waals surface area contributed by atoms with Gasteiger partial charge < -0.3 is 4.42 Å². The van der Waals surface area contributed by atoms with E-state index in [9.17, 15) is 18.8 Å². The smallest absolute Gasteiger partial charge is 0.349 e. The zero-order valence-electron chi connectivity index (χ0n) is 12.9. The van der Waals surface area contributed by atoms with Gasteiger partial charge in [-0.2, -0.15) is 0 Å². The highest BCUT2D eigenvalue weighted by Gasteiger charge is 2.14. The normalized spacial score (nSPS) is 10.4. The number of fused-ring (bicyclic) bond motifs is 1. The van der Waals surface area contributed by atoms with Crippen LogP contribution in [0.2, 0.25) is 0 Å². The fourth-order valence-corrected chi connectivity index (χ4v) is 2.25. The molecule has 6 nitrogen and oxygen atoms in total. The molecule has 0 saturated carbocycles. The van der Waals surface area contributed by atoms with Gasteiger partial charge in [-0.3, -0.25) is 20.4 Å². The molecular weight excluding hydrogens is 327 g/mol. The third kappa shape index (κ3) is 3.89. The van der Waals surface area contributed by atoms with Crippen LogP contribution in [0.25, 0.3) is 11.0 Å². The van der Waals surface area contributed by atoms with Crippen LogP contribution >= 0.6 is 0 Å². The third-order valence-corrected chi connectivity index (χ3v) is 3.48. The minimum atomic E-state index is -0.802. The molecule has 0 bridgehead atoms. The van der Waals surface area contributed by atoms with E-state index in [1.165, 1.54) is 30.3 Å². The minimum absolute atomic E-state index is 0.0487. The molecule has 2 amide bonds. The second kappa shape index (κ2) is 6.96. The Morgan fingerprint density at radius 2 is 1.72 bits per heavy atom. The van der Waals surface area contributed by atoms with Crippen LogP contribution in [0.3, 0.4) is 0 Å². The summed E-state index contributed by atoms with van der Waals surface area (Å²) in [5, 5.41) is 0.588. The highest BCUT2D eigenvalue weighted by Crippen LogP contribution is 2.12. The summed E-state index contributed by atoms with van der Waals surface area (Å²) < 4.78 is 17.9. The van der Waals surface area contributed by atoms with Crippen LogP contribution in [-0.2, 0) is 11.2 Å². The van der Waals surface area contributed by atoms with Crippen molar-refractivity contribution in [1.29, 1.82) is 0 Å². The second-order valence-electron chi connectivity index (χ2n) is 5.29. The molecule has 0 radical (unpaired) electrons. The van der Waals surface area contributed by atoms with Crippen molar-refractivity contribution in [3.63, 3.8) is 0 Å². The van der Waals surface area contributed by atoms with Gasteiger partial charge in [-0.25, -0.2) is 9.18 Å². The van der Waals surface area contributed by atoms with Crippen molar-refractivity contribution < 1.29 is 18.4 Å². The van der Waals surface area contributed by atoms with Crippen molar-refractivity contribution in [2.75, 3.05) is 0 Å². The van der Waals surface area contributed by atoms with E-state index < -0.39 is 23.3 Å². The van der Waals surface area contributed by atoms with E-state index >= 15 is 0 Å². The molecule has 2 N–H and O–H groups in total. The van der Waals surface area contributed by atoms with Gasteiger partial charge >= 0.3 is 5.63 Å². The van der Waals surface area contributed by atoms with Crippen LogP contribution in [0.5, 0.6) is 0 Å². The maximum atomic E-state index is 12.8. The molecule has 3 aromatic rings. The van der Waals surface area contributed by atoms with Crippen LogP contribution in [-0.4, -0.2) is 11.8 Å². The van der Waals surface area contributed by atoms with Gasteiger partial charge in [0.25, 0.3) is 5.91 Å². The van der Waals surface area contributed by atoms with Crippen molar-refractivity contribution in [2.24, 2.45) is 0 Å². The number of nitrogens with one attached hydrogen (secondary N) is 2. The lowest BCUT2D eigenvalue weighted by Crippen LogP contribution is -2.43. The fraction of sp³-hybridized carbons (Fsp3) is 0.0556. The SMILES string of the molecule is O=C(Cc1ccc(F)cc1)NNC(=O)c1cc2ccccc2oc1=O. The van der Waals surface area contributed by atoms with E-state index in [0.717, 1.165) is 0 Å². The molecule has 0 fully saturated rings. The van der Waals surface area contributed by atoms with E-state index in [1.807, 2.05) is 0 Å². The predicted molar refractivity (Wildman–Crippen MR) is 88.2 cm³/mol. The van der Waals surface area contributed by atoms with Crippen LogP contribution in [0.4, 0.5) is 4.39 Å². The van der Waals surface area contributed by atoms with E-state index in [-0.39, 0.29) is 12.0 Å². The van der Waals surface area contributed by atoms with Crippen molar-refractivity contribution in [1.82, 2.24) is 10.9 Å². The molecule has 0 saturated heterocycles. The first-order valence-corrected chi connectivity index (χ1v) is 7.39. The number of carbonyl (C=O) groups is 2. The molecule has 2 aromatic carbocycles. The topological polar surface area (TPSA) is 88.4 Å². The summed E-state index contributed by atoms with van der Waals surface area (Å²) in [4.78, 5) is 35.8. The Kier molecular flexibility index (Phi) is 4.56. The van der Waals surface area contributed by atoms with Gasteiger partial charge in [0.2, 0.25) is 5.91 Å². The Balaban J connectivity index is 1.66. The Morgan fingerprint density at radius 1 is 1.00 bits per heavy atom. The van der Waals surface area contributed by atoms with Gasteiger partial charge in [-0.15, -0.1) is 0 Å². The molecular formula is C18H13FN2O4. The number of amides is 2. The standard InChI is InChI=1S/C18H13FN2O4/c19-13-7-5-11(6-8-13)9-16(22)20-21-17(23)14-10-12-3-1-2-4-15(12)25-18(14)24/h1-8,10H,9H2,(H,20,22)(H,21,23). The first-order valence-electron chi connectivity index (χ1n) is 7.39. The zero-order chi connectivity index (χ0) is 17.8. The molecule has 7 heteroatoms. The first-order chi connectivity index (χ1) is 12.0. The maximum Gasteiger partial charge on any atom is 0.349 e. The molecule has 1 heterocycles. The van der Waals surface area contributed by atoms with E-state index in [2.05, 4.69) is 10.9 Å². The zero-order valence-corrected chi connectivity index (χ0v) is 12.9. The van der Waals surface area contributed by atoms with Crippen LogP contribution in [0, 0.1) is 5.82 Å². The molecule has 0 atom stereocenters. The summed E-state index contributed by atoms with van der Waals surface area (Å²) >= 11 is 0. The Labute approximate surface area is 141 Å². The molecule has 0 unspecified atom stereocenters. The van der Waals surface area contributed by atoms with Crippen LogP contribution < -0.4 is 16.5 Å². The van der Waals surface area contributed by atoms with Crippen molar-refractivity contribution in [2.45, 2.75) is 6.42 Å². The lowest BCUT2D eigenvalue weighted by molar-refractivity contribution is -0.121. The average molecular weight is 340 g/mol. The number of rotatable bonds is 3. The summed E-state index contributed by atoms with van der Waals surface area (Å²) in [6.07, 6.45) is -0.0487. The Morgan fingerprint density at radius 3 is 2.48 bits per heavy atom. The Bertz CT molecular complexity index is 996. The molecule has 0 aliphatic heterocycles. The van der Waals surface area contributed by atoms with Gasteiger partial charge in [-0.1, -0.05) is 30.3 Å². The molecule has 25 heavy (non-hydrogen) atoms. The molecule has 1 aromatic heterocycles. The summed E-state index contributed by atoms with van der Waals surface area (Å²) in [6.45, 7) is 0. The van der Waals surface area contributed by atoms with E-state index in [1.54, 1.807) is 24.3 Å². The number of hydrazine groups is 1. The molecule has 0 aliphatic carbocycles. The summed E-state index contributed by atoms with van der Waals surface area (Å²) in [7, 11) is 0. The number of halogens is 1. The lowest BCUT2D eigenvalue weighted by Gasteiger charge is -2.07. The Hall–Kier alpha value is -3.48. The van der Waals surface area contributed by atoms with Crippen LogP contribution in [0.15, 0.2) is 63.8 Å². The average Bonchev–Trinajstić information content (AvgIpc) is 2.61. The van der Waals surface area contributed by atoms with E-state index in [4.69, 9.17) is 4.42 Å². The molecule has 3 rings (SSSR count). The molecule has 126 valence electrons. The van der Waals surface area contributed by atoms with Gasteiger partial charge in [0, 0.05) is 5.39 Å². The number of benzene rings is 2.